The Morgan fingerprint density at radius 2 is 1.83 bits per heavy atom. The predicted molar refractivity (Wildman–Crippen MR) is 118 cm³/mol. The fraction of sp³-hybridized carbons (Fsp3) is 0.318. The predicted octanol–water partition coefficient (Wildman–Crippen LogP) is 2.58. The number of rotatable bonds is 8. The molecule has 0 bridgehead atoms. The van der Waals surface area contributed by atoms with Crippen molar-refractivity contribution in [3.05, 3.63) is 72.3 Å². The molecule has 1 fully saturated rings. The third kappa shape index (κ3) is 5.91. The number of carbonyl (C=O) groups is 1. The number of piperazine rings is 1. The van der Waals surface area contributed by atoms with Gasteiger partial charge in [0.15, 0.2) is 0 Å². The van der Waals surface area contributed by atoms with Gasteiger partial charge in [-0.25, -0.2) is 8.42 Å². The van der Waals surface area contributed by atoms with E-state index in [1.165, 1.54) is 4.31 Å². The van der Waals surface area contributed by atoms with Crippen molar-refractivity contribution in [3.8, 4) is 5.75 Å². The number of ether oxygens (including phenoxy) is 1. The van der Waals surface area contributed by atoms with E-state index in [1.807, 2.05) is 7.05 Å². The van der Waals surface area contributed by atoms with Crippen molar-refractivity contribution in [3.63, 3.8) is 0 Å². The van der Waals surface area contributed by atoms with Crippen LogP contribution in [0.25, 0.3) is 0 Å². The molecule has 0 radical (unpaired) electrons. The maximum atomic E-state index is 12.6. The molecule has 1 heterocycles. The summed E-state index contributed by atoms with van der Waals surface area (Å²) in [5.41, 5.74) is 1.72. The first-order chi connectivity index (χ1) is 14.4. The Bertz CT molecular complexity index is 982. The lowest BCUT2D eigenvalue weighted by Gasteiger charge is -2.31. The summed E-state index contributed by atoms with van der Waals surface area (Å²) in [6, 6.07) is 13.8. The number of nitrogens with one attached hydrogen (secondary N) is 1. The van der Waals surface area contributed by atoms with Gasteiger partial charge in [0.05, 0.1) is 5.75 Å². The highest BCUT2D eigenvalue weighted by molar-refractivity contribution is 7.88. The van der Waals surface area contributed by atoms with Gasteiger partial charge in [-0.15, -0.1) is 0 Å². The molecule has 160 valence electrons. The van der Waals surface area contributed by atoms with Gasteiger partial charge in [-0.2, -0.15) is 4.31 Å². The SMILES string of the molecule is C=CCOc1cccc(NC(=O)c2ccc(CS(=O)(=O)N3CCN(C)CC3)cc2)c1. The van der Waals surface area contributed by atoms with Crippen LogP contribution < -0.4 is 10.1 Å². The molecule has 1 amide bonds. The molecule has 2 aromatic rings. The fourth-order valence-corrected chi connectivity index (χ4v) is 4.66. The summed E-state index contributed by atoms with van der Waals surface area (Å²) in [5, 5.41) is 2.82. The quantitative estimate of drug-likeness (QED) is 0.653. The monoisotopic (exact) mass is 429 g/mol. The van der Waals surface area contributed by atoms with Crippen LogP contribution in [0.3, 0.4) is 0 Å². The highest BCUT2D eigenvalue weighted by atomic mass is 32.2. The average molecular weight is 430 g/mol. The molecule has 1 aliphatic heterocycles. The second kappa shape index (κ2) is 9.88. The van der Waals surface area contributed by atoms with Gasteiger partial charge in [-0.3, -0.25) is 4.79 Å². The molecule has 1 N–H and O–H groups in total. The number of hydrogen-bond donors (Lipinski definition) is 1. The summed E-state index contributed by atoms with van der Waals surface area (Å²) in [6.07, 6.45) is 1.65. The summed E-state index contributed by atoms with van der Waals surface area (Å²) in [6.45, 7) is 6.48. The van der Waals surface area contributed by atoms with Gasteiger partial charge in [-0.1, -0.05) is 30.9 Å². The molecule has 0 unspecified atom stereocenters. The van der Waals surface area contributed by atoms with E-state index in [2.05, 4.69) is 16.8 Å². The molecule has 30 heavy (non-hydrogen) atoms. The summed E-state index contributed by atoms with van der Waals surface area (Å²) < 4.78 is 32.3. The highest BCUT2D eigenvalue weighted by Crippen LogP contribution is 2.19. The first-order valence-electron chi connectivity index (χ1n) is 9.78. The summed E-state index contributed by atoms with van der Waals surface area (Å²) in [7, 11) is -1.38. The van der Waals surface area contributed by atoms with E-state index in [-0.39, 0.29) is 11.7 Å². The zero-order valence-corrected chi connectivity index (χ0v) is 17.9. The normalized spacial score (nSPS) is 15.5. The van der Waals surface area contributed by atoms with Crippen molar-refractivity contribution in [1.29, 1.82) is 0 Å². The maximum absolute atomic E-state index is 12.6. The largest absolute Gasteiger partial charge is 0.489 e. The van der Waals surface area contributed by atoms with Gasteiger partial charge in [0, 0.05) is 43.5 Å². The fourth-order valence-electron chi connectivity index (χ4n) is 3.14. The lowest BCUT2D eigenvalue weighted by atomic mass is 10.1. The minimum atomic E-state index is -3.37. The van der Waals surface area contributed by atoms with Crippen LogP contribution in [0.2, 0.25) is 0 Å². The number of nitrogens with zero attached hydrogens (tertiary/aromatic N) is 2. The number of benzene rings is 2. The Hall–Kier alpha value is -2.68. The molecule has 0 atom stereocenters. The first kappa shape index (κ1) is 22.0. The van der Waals surface area contributed by atoms with Crippen molar-refractivity contribution in [2.75, 3.05) is 45.2 Å². The van der Waals surface area contributed by atoms with Crippen LogP contribution in [0.5, 0.6) is 5.75 Å². The van der Waals surface area contributed by atoms with Gasteiger partial charge in [0.1, 0.15) is 12.4 Å². The van der Waals surface area contributed by atoms with Crippen molar-refractivity contribution in [2.24, 2.45) is 0 Å². The molecule has 2 aromatic carbocycles. The third-order valence-electron chi connectivity index (χ3n) is 4.88. The second-order valence-electron chi connectivity index (χ2n) is 7.24. The number of hydrogen-bond acceptors (Lipinski definition) is 5. The highest BCUT2D eigenvalue weighted by Gasteiger charge is 2.25. The molecule has 1 saturated heterocycles. The van der Waals surface area contributed by atoms with Crippen LogP contribution in [0, 0.1) is 0 Å². The van der Waals surface area contributed by atoms with E-state index in [4.69, 9.17) is 4.74 Å². The molecule has 0 spiro atoms. The molecule has 0 aliphatic carbocycles. The van der Waals surface area contributed by atoms with Gasteiger partial charge in [0.2, 0.25) is 10.0 Å². The van der Waals surface area contributed by atoms with Crippen molar-refractivity contribution in [1.82, 2.24) is 9.21 Å². The van der Waals surface area contributed by atoms with E-state index in [0.29, 0.717) is 42.3 Å². The Balaban J connectivity index is 1.61. The maximum Gasteiger partial charge on any atom is 0.255 e. The molecular weight excluding hydrogens is 402 g/mol. The van der Waals surface area contributed by atoms with Crippen LogP contribution in [0.4, 0.5) is 5.69 Å². The Kier molecular flexibility index (Phi) is 7.25. The van der Waals surface area contributed by atoms with Gasteiger partial charge < -0.3 is 15.0 Å². The summed E-state index contributed by atoms with van der Waals surface area (Å²) >= 11 is 0. The first-order valence-corrected chi connectivity index (χ1v) is 11.4. The van der Waals surface area contributed by atoms with Crippen molar-refractivity contribution in [2.45, 2.75) is 5.75 Å². The third-order valence-corrected chi connectivity index (χ3v) is 6.73. The lowest BCUT2D eigenvalue weighted by molar-refractivity contribution is 0.102. The number of amides is 1. The molecular formula is C22H27N3O4S. The molecule has 0 aromatic heterocycles. The van der Waals surface area contributed by atoms with E-state index >= 15 is 0 Å². The molecule has 3 rings (SSSR count). The van der Waals surface area contributed by atoms with Crippen LogP contribution in [-0.4, -0.2) is 63.4 Å². The number of likely N-dealkylation sites (N-methyl/N-ethyl adjacent to an activating group) is 1. The topological polar surface area (TPSA) is 78.9 Å². The summed E-state index contributed by atoms with van der Waals surface area (Å²) in [5.74, 6) is 0.294. The van der Waals surface area contributed by atoms with Gasteiger partial charge in [-0.05, 0) is 36.9 Å². The van der Waals surface area contributed by atoms with Gasteiger partial charge >= 0.3 is 0 Å². The lowest BCUT2D eigenvalue weighted by Crippen LogP contribution is -2.47. The number of carbonyl (C=O) groups excluding carboxylic acids is 1. The molecule has 1 aliphatic rings. The van der Waals surface area contributed by atoms with E-state index < -0.39 is 10.0 Å². The number of sulfonamides is 1. The average Bonchev–Trinajstić information content (AvgIpc) is 2.73. The van der Waals surface area contributed by atoms with Crippen molar-refractivity contribution >= 4 is 21.6 Å². The Morgan fingerprint density at radius 1 is 1.13 bits per heavy atom. The van der Waals surface area contributed by atoms with Crippen LogP contribution in [0.1, 0.15) is 15.9 Å². The minimum Gasteiger partial charge on any atom is -0.489 e. The zero-order valence-electron chi connectivity index (χ0n) is 17.1. The second-order valence-corrected chi connectivity index (χ2v) is 9.21. The summed E-state index contributed by atoms with van der Waals surface area (Å²) in [4.78, 5) is 14.6. The molecule has 0 saturated carbocycles. The minimum absolute atomic E-state index is 0.0682. The van der Waals surface area contributed by atoms with E-state index in [1.54, 1.807) is 54.6 Å². The Labute approximate surface area is 178 Å². The smallest absolute Gasteiger partial charge is 0.255 e. The van der Waals surface area contributed by atoms with Gasteiger partial charge in [0.25, 0.3) is 5.91 Å². The van der Waals surface area contributed by atoms with E-state index in [0.717, 1.165) is 13.1 Å². The van der Waals surface area contributed by atoms with Crippen LogP contribution >= 0.6 is 0 Å². The van der Waals surface area contributed by atoms with E-state index in [9.17, 15) is 13.2 Å². The standard InChI is InChI=1S/C22H27N3O4S/c1-3-15-29-21-6-4-5-20(16-21)23-22(26)19-9-7-18(8-10-19)17-30(27,28)25-13-11-24(2)12-14-25/h3-10,16H,1,11-15,17H2,2H3,(H,23,26). The number of anilines is 1. The van der Waals surface area contributed by atoms with Crippen LogP contribution in [0.15, 0.2) is 61.2 Å². The Morgan fingerprint density at radius 3 is 2.50 bits per heavy atom. The molecule has 8 heteroatoms. The zero-order chi connectivity index (χ0) is 21.6. The van der Waals surface area contributed by atoms with Crippen molar-refractivity contribution < 1.29 is 17.9 Å². The van der Waals surface area contributed by atoms with Crippen LogP contribution in [-0.2, 0) is 15.8 Å². The molecule has 7 nitrogen and oxygen atoms in total.